The molecule has 0 amide bonds. The van der Waals surface area contributed by atoms with E-state index in [9.17, 15) is 5.11 Å². The molecule has 2 N–H and O–H groups in total. The Labute approximate surface area is 137 Å². The highest BCUT2D eigenvalue weighted by Gasteiger charge is 2.22. The molecule has 1 fully saturated rings. The Balaban J connectivity index is 1.58. The molecule has 0 saturated carbocycles. The van der Waals surface area contributed by atoms with Crippen molar-refractivity contribution in [1.82, 2.24) is 10.2 Å². The first-order valence-electron chi connectivity index (χ1n) is 7.69. The zero-order valence-electron chi connectivity index (χ0n) is 12.3. The standard InChI is InChI=1S/C16H24Cl2N2O/c17-14-8-13(9-15(18)10-14)11-19-5-1-2-6-20-7-3-4-16(20)12-21/h8-10,16,19,21H,1-7,11-12H2. The van der Waals surface area contributed by atoms with Gasteiger partial charge in [0.25, 0.3) is 0 Å². The molecule has 1 aromatic carbocycles. The lowest BCUT2D eigenvalue weighted by Gasteiger charge is -2.22. The Morgan fingerprint density at radius 2 is 1.95 bits per heavy atom. The van der Waals surface area contributed by atoms with Crippen molar-refractivity contribution >= 4 is 23.2 Å². The van der Waals surface area contributed by atoms with Crippen LogP contribution in [0.4, 0.5) is 0 Å². The van der Waals surface area contributed by atoms with Crippen LogP contribution in [-0.4, -0.2) is 42.3 Å². The van der Waals surface area contributed by atoms with E-state index in [0.29, 0.717) is 22.7 Å². The second-order valence-corrected chi connectivity index (χ2v) is 6.55. The Bertz CT molecular complexity index is 422. The largest absolute Gasteiger partial charge is 0.395 e. The van der Waals surface area contributed by atoms with Crippen LogP contribution < -0.4 is 5.32 Å². The highest BCUT2D eigenvalue weighted by molar-refractivity contribution is 6.34. The SMILES string of the molecule is OCC1CCCN1CCCCNCc1cc(Cl)cc(Cl)c1. The van der Waals surface area contributed by atoms with Gasteiger partial charge in [-0.25, -0.2) is 0 Å². The third-order valence-electron chi connectivity index (χ3n) is 4.01. The maximum Gasteiger partial charge on any atom is 0.0586 e. The molecule has 1 heterocycles. The third kappa shape index (κ3) is 5.76. The normalized spacial score (nSPS) is 19.3. The zero-order valence-corrected chi connectivity index (χ0v) is 13.8. The number of aliphatic hydroxyl groups excluding tert-OH is 1. The van der Waals surface area contributed by atoms with Crippen LogP contribution in [0.5, 0.6) is 0 Å². The molecule has 0 radical (unpaired) electrons. The summed E-state index contributed by atoms with van der Waals surface area (Å²) in [5, 5.41) is 14.1. The quantitative estimate of drug-likeness (QED) is 0.718. The predicted molar refractivity (Wildman–Crippen MR) is 89.1 cm³/mol. The number of likely N-dealkylation sites (tertiary alicyclic amines) is 1. The molecule has 0 bridgehead atoms. The first-order valence-corrected chi connectivity index (χ1v) is 8.45. The van der Waals surface area contributed by atoms with Crippen molar-refractivity contribution in [3.63, 3.8) is 0 Å². The second kappa shape index (κ2) is 8.96. The number of benzene rings is 1. The van der Waals surface area contributed by atoms with Crippen LogP contribution in [0.1, 0.15) is 31.2 Å². The summed E-state index contributed by atoms with van der Waals surface area (Å²) in [6, 6.07) is 6.03. The van der Waals surface area contributed by atoms with Crippen molar-refractivity contribution in [2.24, 2.45) is 0 Å². The minimum Gasteiger partial charge on any atom is -0.395 e. The van der Waals surface area contributed by atoms with Gasteiger partial charge in [-0.15, -0.1) is 0 Å². The van der Waals surface area contributed by atoms with Crippen LogP contribution in [0.25, 0.3) is 0 Å². The Morgan fingerprint density at radius 3 is 2.67 bits per heavy atom. The van der Waals surface area contributed by atoms with E-state index in [0.717, 1.165) is 44.6 Å². The molecule has 0 aromatic heterocycles. The summed E-state index contributed by atoms with van der Waals surface area (Å²) in [7, 11) is 0. The van der Waals surface area contributed by atoms with E-state index in [2.05, 4.69) is 10.2 Å². The summed E-state index contributed by atoms with van der Waals surface area (Å²) in [4.78, 5) is 2.41. The summed E-state index contributed by atoms with van der Waals surface area (Å²) in [6.07, 6.45) is 4.67. The van der Waals surface area contributed by atoms with Crippen molar-refractivity contribution in [2.45, 2.75) is 38.3 Å². The summed E-state index contributed by atoms with van der Waals surface area (Å²) < 4.78 is 0. The number of nitrogens with zero attached hydrogens (tertiary/aromatic N) is 1. The smallest absolute Gasteiger partial charge is 0.0586 e. The number of aliphatic hydroxyl groups is 1. The summed E-state index contributed by atoms with van der Waals surface area (Å²) in [5.74, 6) is 0. The van der Waals surface area contributed by atoms with E-state index in [1.165, 1.54) is 12.8 Å². The molecule has 1 saturated heterocycles. The van der Waals surface area contributed by atoms with E-state index in [1.54, 1.807) is 6.07 Å². The molecule has 0 aliphatic carbocycles. The van der Waals surface area contributed by atoms with Gasteiger partial charge in [-0.05, 0) is 69.1 Å². The molecular formula is C16H24Cl2N2O. The predicted octanol–water partition coefficient (Wildman–Crippen LogP) is 3.32. The van der Waals surface area contributed by atoms with E-state index < -0.39 is 0 Å². The van der Waals surface area contributed by atoms with Gasteiger partial charge in [-0.2, -0.15) is 0 Å². The third-order valence-corrected chi connectivity index (χ3v) is 4.45. The number of rotatable bonds is 8. The number of unbranched alkanes of at least 4 members (excludes halogenated alkanes) is 1. The molecule has 118 valence electrons. The minimum atomic E-state index is 0.299. The maximum absolute atomic E-state index is 9.27. The summed E-state index contributed by atoms with van der Waals surface area (Å²) in [6.45, 7) is 4.31. The fourth-order valence-electron chi connectivity index (χ4n) is 2.91. The lowest BCUT2D eigenvalue weighted by Crippen LogP contribution is -2.33. The van der Waals surface area contributed by atoms with Gasteiger partial charge in [0.15, 0.2) is 0 Å². The molecule has 21 heavy (non-hydrogen) atoms. The number of hydrogen-bond donors (Lipinski definition) is 2. The minimum absolute atomic E-state index is 0.299. The molecule has 0 spiro atoms. The lowest BCUT2D eigenvalue weighted by atomic mass is 10.2. The van der Waals surface area contributed by atoms with Crippen molar-refractivity contribution in [3.05, 3.63) is 33.8 Å². The van der Waals surface area contributed by atoms with Crippen molar-refractivity contribution in [1.29, 1.82) is 0 Å². The van der Waals surface area contributed by atoms with E-state index in [-0.39, 0.29) is 0 Å². The molecule has 3 nitrogen and oxygen atoms in total. The molecular weight excluding hydrogens is 307 g/mol. The topological polar surface area (TPSA) is 35.5 Å². The van der Waals surface area contributed by atoms with Crippen LogP contribution in [-0.2, 0) is 6.54 Å². The average Bonchev–Trinajstić information content (AvgIpc) is 2.89. The molecule has 5 heteroatoms. The van der Waals surface area contributed by atoms with Crippen LogP contribution in [0, 0.1) is 0 Å². The monoisotopic (exact) mass is 330 g/mol. The molecule has 1 unspecified atom stereocenters. The van der Waals surface area contributed by atoms with E-state index >= 15 is 0 Å². The van der Waals surface area contributed by atoms with Gasteiger partial charge in [0.1, 0.15) is 0 Å². The number of halogens is 2. The zero-order chi connectivity index (χ0) is 15.1. The molecule has 1 aliphatic heterocycles. The van der Waals surface area contributed by atoms with Crippen molar-refractivity contribution < 1.29 is 5.11 Å². The van der Waals surface area contributed by atoms with Gasteiger partial charge in [0.2, 0.25) is 0 Å². The van der Waals surface area contributed by atoms with Crippen molar-refractivity contribution in [3.8, 4) is 0 Å². The molecule has 1 aliphatic rings. The Kier molecular flexibility index (Phi) is 7.27. The second-order valence-electron chi connectivity index (χ2n) is 5.68. The maximum atomic E-state index is 9.27. The van der Waals surface area contributed by atoms with Gasteiger partial charge in [0.05, 0.1) is 6.61 Å². The molecule has 1 atom stereocenters. The first kappa shape index (κ1) is 17.0. The summed E-state index contributed by atoms with van der Waals surface area (Å²) >= 11 is 11.9. The van der Waals surface area contributed by atoms with Crippen LogP contribution in [0.2, 0.25) is 10.0 Å². The highest BCUT2D eigenvalue weighted by Crippen LogP contribution is 2.19. The van der Waals surface area contributed by atoms with Gasteiger partial charge < -0.3 is 10.4 Å². The summed E-state index contributed by atoms with van der Waals surface area (Å²) in [5.41, 5.74) is 1.12. The first-order chi connectivity index (χ1) is 10.2. The fraction of sp³-hybridized carbons (Fsp3) is 0.625. The lowest BCUT2D eigenvalue weighted by molar-refractivity contribution is 0.157. The van der Waals surface area contributed by atoms with Crippen LogP contribution >= 0.6 is 23.2 Å². The highest BCUT2D eigenvalue weighted by atomic mass is 35.5. The van der Waals surface area contributed by atoms with Crippen LogP contribution in [0.15, 0.2) is 18.2 Å². The molecule has 2 rings (SSSR count). The fourth-order valence-corrected chi connectivity index (χ4v) is 3.48. The van der Waals surface area contributed by atoms with Gasteiger partial charge in [-0.3, -0.25) is 4.90 Å². The Morgan fingerprint density at radius 1 is 1.19 bits per heavy atom. The van der Waals surface area contributed by atoms with Gasteiger partial charge >= 0.3 is 0 Å². The number of hydrogen-bond acceptors (Lipinski definition) is 3. The van der Waals surface area contributed by atoms with E-state index in [1.807, 2.05) is 12.1 Å². The van der Waals surface area contributed by atoms with Gasteiger partial charge in [0, 0.05) is 22.6 Å². The molecule has 1 aromatic rings. The van der Waals surface area contributed by atoms with Crippen LogP contribution in [0.3, 0.4) is 0 Å². The van der Waals surface area contributed by atoms with Gasteiger partial charge in [-0.1, -0.05) is 23.2 Å². The van der Waals surface area contributed by atoms with E-state index in [4.69, 9.17) is 23.2 Å². The number of nitrogens with one attached hydrogen (secondary N) is 1. The average molecular weight is 331 g/mol. The Hall–Kier alpha value is -0.320. The van der Waals surface area contributed by atoms with Crippen molar-refractivity contribution in [2.75, 3.05) is 26.2 Å².